The lowest BCUT2D eigenvalue weighted by atomic mass is 10.1. The first-order valence-electron chi connectivity index (χ1n) is 7.99. The Kier molecular flexibility index (Phi) is 6.67. The van der Waals surface area contributed by atoms with E-state index in [1.807, 2.05) is 18.2 Å². The molecule has 25 heavy (non-hydrogen) atoms. The van der Waals surface area contributed by atoms with E-state index in [0.717, 1.165) is 24.2 Å². The van der Waals surface area contributed by atoms with Gasteiger partial charge in [0.2, 0.25) is 5.91 Å². The summed E-state index contributed by atoms with van der Waals surface area (Å²) in [6, 6.07) is 11.9. The zero-order valence-corrected chi connectivity index (χ0v) is 15.2. The Bertz CT molecular complexity index is 727. The number of halogens is 1. The molecule has 0 aromatic heterocycles. The van der Waals surface area contributed by atoms with Crippen LogP contribution in [0.2, 0.25) is 0 Å². The average molecular weight is 363 g/mol. The number of methoxy groups -OCH3 is 2. The van der Waals surface area contributed by atoms with E-state index in [1.54, 1.807) is 14.2 Å². The summed E-state index contributed by atoms with van der Waals surface area (Å²) in [5.74, 6) is 1.26. The standard InChI is InChI=1S/C19H22N2O3.ClH/c1-23-17-4-3-5-18(24-2)16(17)9-19(22)21-10-13-6-7-14-11-20-12-15(14)8-13;/h3-8,20H,9-12H2,1-2H3,(H,21,22);1H. The Morgan fingerprint density at radius 3 is 2.44 bits per heavy atom. The van der Waals surface area contributed by atoms with Crippen molar-refractivity contribution in [2.75, 3.05) is 14.2 Å². The van der Waals surface area contributed by atoms with Gasteiger partial charge in [0.05, 0.1) is 20.6 Å². The number of hydrogen-bond donors (Lipinski definition) is 2. The Labute approximate surface area is 154 Å². The Hall–Kier alpha value is -2.24. The van der Waals surface area contributed by atoms with Crippen molar-refractivity contribution in [1.82, 2.24) is 10.6 Å². The van der Waals surface area contributed by atoms with Crippen LogP contribution in [-0.4, -0.2) is 20.1 Å². The van der Waals surface area contributed by atoms with Crippen molar-refractivity contribution in [2.45, 2.75) is 26.1 Å². The van der Waals surface area contributed by atoms with Crippen LogP contribution in [0.15, 0.2) is 36.4 Å². The summed E-state index contributed by atoms with van der Waals surface area (Å²) >= 11 is 0. The zero-order chi connectivity index (χ0) is 16.9. The number of carbonyl (C=O) groups is 1. The van der Waals surface area contributed by atoms with Gasteiger partial charge in [-0.1, -0.05) is 24.3 Å². The molecule has 1 amide bonds. The third-order valence-corrected chi connectivity index (χ3v) is 4.26. The SMILES string of the molecule is COc1cccc(OC)c1CC(=O)NCc1ccc2c(c1)CNC2.Cl. The molecule has 0 saturated carbocycles. The van der Waals surface area contributed by atoms with Gasteiger partial charge in [0.15, 0.2) is 0 Å². The summed E-state index contributed by atoms with van der Waals surface area (Å²) in [6.45, 7) is 2.34. The number of carbonyl (C=O) groups excluding carboxylic acids is 1. The maximum atomic E-state index is 12.3. The van der Waals surface area contributed by atoms with Crippen LogP contribution >= 0.6 is 12.4 Å². The molecule has 0 saturated heterocycles. The van der Waals surface area contributed by atoms with E-state index < -0.39 is 0 Å². The summed E-state index contributed by atoms with van der Waals surface area (Å²) in [5, 5.41) is 6.29. The lowest BCUT2D eigenvalue weighted by molar-refractivity contribution is -0.120. The van der Waals surface area contributed by atoms with Crippen molar-refractivity contribution < 1.29 is 14.3 Å². The molecule has 0 radical (unpaired) electrons. The second-order valence-corrected chi connectivity index (χ2v) is 5.80. The van der Waals surface area contributed by atoms with E-state index in [9.17, 15) is 4.79 Å². The molecule has 0 unspecified atom stereocenters. The van der Waals surface area contributed by atoms with Crippen molar-refractivity contribution in [3.8, 4) is 11.5 Å². The number of benzene rings is 2. The number of amides is 1. The molecule has 5 nitrogen and oxygen atoms in total. The van der Waals surface area contributed by atoms with Gasteiger partial charge in [0.25, 0.3) is 0 Å². The molecule has 2 aromatic rings. The van der Waals surface area contributed by atoms with Crippen LogP contribution in [0.1, 0.15) is 22.3 Å². The monoisotopic (exact) mass is 362 g/mol. The van der Waals surface area contributed by atoms with E-state index in [4.69, 9.17) is 9.47 Å². The number of fused-ring (bicyclic) bond motifs is 1. The normalized spacial score (nSPS) is 12.1. The lowest BCUT2D eigenvalue weighted by Gasteiger charge is -2.13. The van der Waals surface area contributed by atoms with Gasteiger partial charge in [-0.2, -0.15) is 0 Å². The van der Waals surface area contributed by atoms with Crippen molar-refractivity contribution in [2.24, 2.45) is 0 Å². The zero-order valence-electron chi connectivity index (χ0n) is 14.4. The first-order chi connectivity index (χ1) is 11.7. The number of ether oxygens (including phenoxy) is 2. The van der Waals surface area contributed by atoms with Crippen molar-refractivity contribution in [3.63, 3.8) is 0 Å². The smallest absolute Gasteiger partial charge is 0.224 e. The highest BCUT2D eigenvalue weighted by Gasteiger charge is 2.14. The molecule has 0 spiro atoms. The Morgan fingerprint density at radius 2 is 1.76 bits per heavy atom. The summed E-state index contributed by atoms with van der Waals surface area (Å²) in [7, 11) is 3.18. The van der Waals surface area contributed by atoms with Gasteiger partial charge in [-0.05, 0) is 28.8 Å². The number of hydrogen-bond acceptors (Lipinski definition) is 4. The summed E-state index contributed by atoms with van der Waals surface area (Å²) in [4.78, 5) is 12.3. The minimum absolute atomic E-state index is 0. The van der Waals surface area contributed by atoms with Crippen LogP contribution in [0.3, 0.4) is 0 Å². The van der Waals surface area contributed by atoms with Gasteiger partial charge in [-0.25, -0.2) is 0 Å². The molecule has 2 N–H and O–H groups in total. The maximum Gasteiger partial charge on any atom is 0.224 e. The number of rotatable bonds is 6. The fourth-order valence-electron chi connectivity index (χ4n) is 2.98. The number of nitrogens with one attached hydrogen (secondary N) is 2. The van der Waals surface area contributed by atoms with Gasteiger partial charge >= 0.3 is 0 Å². The molecule has 134 valence electrons. The predicted octanol–water partition coefficient (Wildman–Crippen LogP) is 2.59. The second-order valence-electron chi connectivity index (χ2n) is 5.80. The first-order valence-corrected chi connectivity index (χ1v) is 7.99. The molecule has 1 aliphatic rings. The van der Waals surface area contributed by atoms with Crippen LogP contribution in [0.25, 0.3) is 0 Å². The molecule has 3 rings (SSSR count). The van der Waals surface area contributed by atoms with E-state index in [2.05, 4.69) is 28.8 Å². The molecule has 0 atom stereocenters. The van der Waals surface area contributed by atoms with Crippen LogP contribution in [-0.2, 0) is 30.8 Å². The van der Waals surface area contributed by atoms with Crippen LogP contribution in [0.5, 0.6) is 11.5 Å². The highest BCUT2D eigenvalue weighted by atomic mass is 35.5. The highest BCUT2D eigenvalue weighted by Crippen LogP contribution is 2.28. The molecule has 0 aliphatic carbocycles. The molecule has 2 aromatic carbocycles. The summed E-state index contributed by atoms with van der Waals surface area (Å²) in [5.41, 5.74) is 4.52. The molecular weight excluding hydrogens is 340 g/mol. The molecule has 0 bridgehead atoms. The quantitative estimate of drug-likeness (QED) is 0.829. The molecule has 0 fully saturated rings. The minimum atomic E-state index is -0.0589. The summed E-state index contributed by atoms with van der Waals surface area (Å²) < 4.78 is 10.7. The Morgan fingerprint density at radius 1 is 1.08 bits per heavy atom. The maximum absolute atomic E-state index is 12.3. The van der Waals surface area contributed by atoms with Crippen LogP contribution in [0, 0.1) is 0 Å². The van der Waals surface area contributed by atoms with Gasteiger partial charge in [0.1, 0.15) is 11.5 Å². The Balaban J connectivity index is 0.00000225. The average Bonchev–Trinajstić information content (AvgIpc) is 3.07. The van der Waals surface area contributed by atoms with Crippen molar-refractivity contribution in [3.05, 3.63) is 58.7 Å². The fraction of sp³-hybridized carbons (Fsp3) is 0.316. The van der Waals surface area contributed by atoms with Crippen LogP contribution < -0.4 is 20.1 Å². The van der Waals surface area contributed by atoms with Gasteiger partial charge < -0.3 is 20.1 Å². The lowest BCUT2D eigenvalue weighted by Crippen LogP contribution is -2.25. The van der Waals surface area contributed by atoms with Gasteiger partial charge in [-0.15, -0.1) is 12.4 Å². The first kappa shape index (κ1) is 19.1. The fourth-order valence-corrected chi connectivity index (χ4v) is 2.98. The molecule has 6 heteroatoms. The van der Waals surface area contributed by atoms with E-state index in [-0.39, 0.29) is 24.7 Å². The third-order valence-electron chi connectivity index (χ3n) is 4.26. The van der Waals surface area contributed by atoms with Crippen molar-refractivity contribution in [1.29, 1.82) is 0 Å². The third kappa shape index (κ3) is 4.44. The van der Waals surface area contributed by atoms with Crippen molar-refractivity contribution >= 4 is 18.3 Å². The predicted molar refractivity (Wildman–Crippen MR) is 99.3 cm³/mol. The van der Waals surface area contributed by atoms with Crippen LogP contribution in [0.4, 0.5) is 0 Å². The van der Waals surface area contributed by atoms with Gasteiger partial charge in [-0.3, -0.25) is 4.79 Å². The van der Waals surface area contributed by atoms with Gasteiger partial charge in [0, 0.05) is 25.2 Å². The van der Waals surface area contributed by atoms with E-state index >= 15 is 0 Å². The minimum Gasteiger partial charge on any atom is -0.496 e. The summed E-state index contributed by atoms with van der Waals surface area (Å²) in [6.07, 6.45) is 0.222. The molecule has 1 aliphatic heterocycles. The highest BCUT2D eigenvalue weighted by molar-refractivity contribution is 5.85. The van der Waals surface area contributed by atoms with E-state index in [0.29, 0.717) is 18.0 Å². The second kappa shape index (κ2) is 8.74. The largest absolute Gasteiger partial charge is 0.496 e. The molecular formula is C19H23ClN2O3. The van der Waals surface area contributed by atoms with E-state index in [1.165, 1.54) is 11.1 Å². The topological polar surface area (TPSA) is 59.6 Å². The molecule has 1 heterocycles.